The number of halogens is 6. The zero-order chi connectivity index (χ0) is 7.65. The maximum Gasteiger partial charge on any atom is 0.310 e. The van der Waals surface area contributed by atoms with Crippen LogP contribution < -0.4 is 0 Å². The topological polar surface area (TPSA) is 0 Å². The SMILES string of the molecule is FC(Br)C(F)(F)C(Br)Br. The summed E-state index contributed by atoms with van der Waals surface area (Å²) in [6.45, 7) is 0. The Balaban J connectivity index is 4.01. The first-order chi connectivity index (χ1) is 3.89. The molecule has 1 atom stereocenters. The van der Waals surface area contributed by atoms with E-state index in [4.69, 9.17) is 0 Å². The van der Waals surface area contributed by atoms with Crippen molar-refractivity contribution in [3.05, 3.63) is 0 Å². The van der Waals surface area contributed by atoms with Gasteiger partial charge in [-0.1, -0.05) is 31.9 Å². The standard InChI is InChI=1S/C3H2Br3F3/c4-1(5)3(8,9)2(6)7/h1-2H. The van der Waals surface area contributed by atoms with Crippen molar-refractivity contribution in [2.75, 3.05) is 0 Å². The Kier molecular flexibility index (Phi) is 4.06. The van der Waals surface area contributed by atoms with E-state index < -0.39 is 14.7 Å². The quantitative estimate of drug-likeness (QED) is 0.679. The van der Waals surface area contributed by atoms with Crippen LogP contribution in [0, 0.1) is 0 Å². The fourth-order valence-corrected chi connectivity index (χ4v) is 1.53. The van der Waals surface area contributed by atoms with Crippen molar-refractivity contribution < 1.29 is 13.2 Å². The Hall–Kier alpha value is 1.23. The fourth-order valence-electron chi connectivity index (χ4n) is 0.0952. The van der Waals surface area contributed by atoms with Crippen molar-refractivity contribution in [3.8, 4) is 0 Å². The van der Waals surface area contributed by atoms with E-state index in [1.165, 1.54) is 0 Å². The molecule has 0 fully saturated rings. The molecule has 0 N–H and O–H groups in total. The maximum absolute atomic E-state index is 12.2. The summed E-state index contributed by atoms with van der Waals surface area (Å²) in [6, 6.07) is 0. The monoisotopic (exact) mass is 332 g/mol. The van der Waals surface area contributed by atoms with Crippen LogP contribution >= 0.6 is 47.8 Å². The second kappa shape index (κ2) is 3.57. The predicted molar refractivity (Wildman–Crippen MR) is 40.4 cm³/mol. The van der Waals surface area contributed by atoms with Gasteiger partial charge >= 0.3 is 5.92 Å². The molecule has 0 aliphatic heterocycles. The van der Waals surface area contributed by atoms with Crippen molar-refractivity contribution in [1.82, 2.24) is 0 Å². The van der Waals surface area contributed by atoms with Gasteiger partial charge in [-0.25, -0.2) is 13.2 Å². The number of alkyl halides is 6. The molecule has 0 nitrogen and oxygen atoms in total. The first-order valence-corrected chi connectivity index (χ1v) is 4.58. The summed E-state index contributed by atoms with van der Waals surface area (Å²) in [5.41, 5.74) is 0. The molecular formula is C3H2Br3F3. The van der Waals surface area contributed by atoms with E-state index in [1.807, 2.05) is 0 Å². The Morgan fingerprint density at radius 2 is 1.44 bits per heavy atom. The van der Waals surface area contributed by atoms with E-state index in [1.54, 1.807) is 0 Å². The van der Waals surface area contributed by atoms with Crippen LogP contribution in [0.5, 0.6) is 0 Å². The third kappa shape index (κ3) is 2.76. The van der Waals surface area contributed by atoms with Crippen molar-refractivity contribution in [1.29, 1.82) is 0 Å². The van der Waals surface area contributed by atoms with E-state index in [-0.39, 0.29) is 0 Å². The van der Waals surface area contributed by atoms with Gasteiger partial charge in [-0.3, -0.25) is 0 Å². The van der Waals surface area contributed by atoms with E-state index in [0.29, 0.717) is 0 Å². The highest BCUT2D eigenvalue weighted by Crippen LogP contribution is 2.36. The van der Waals surface area contributed by atoms with E-state index in [0.717, 1.165) is 0 Å². The first kappa shape index (κ1) is 10.2. The van der Waals surface area contributed by atoms with E-state index >= 15 is 0 Å². The minimum Gasteiger partial charge on any atom is -0.228 e. The zero-order valence-corrected chi connectivity index (χ0v) is 8.68. The normalized spacial score (nSPS) is 16.3. The van der Waals surface area contributed by atoms with Crippen LogP contribution in [0.1, 0.15) is 0 Å². The number of hydrogen-bond acceptors (Lipinski definition) is 0. The molecule has 0 saturated carbocycles. The first-order valence-electron chi connectivity index (χ1n) is 1.83. The molecule has 0 heterocycles. The summed E-state index contributed by atoms with van der Waals surface area (Å²) < 4.78 is 34.8. The third-order valence-corrected chi connectivity index (χ3v) is 2.41. The van der Waals surface area contributed by atoms with Crippen LogP contribution in [-0.2, 0) is 0 Å². The third-order valence-electron chi connectivity index (χ3n) is 0.582. The molecule has 0 aromatic rings. The summed E-state index contributed by atoms with van der Waals surface area (Å²) >= 11 is 7.11. The van der Waals surface area contributed by atoms with Crippen LogP contribution in [0.25, 0.3) is 0 Å². The number of rotatable bonds is 2. The lowest BCUT2D eigenvalue weighted by atomic mass is 10.4. The van der Waals surface area contributed by atoms with Gasteiger partial charge in [-0.05, 0) is 15.9 Å². The average molecular weight is 335 g/mol. The molecule has 0 bridgehead atoms. The Morgan fingerprint density at radius 3 is 1.44 bits per heavy atom. The molecule has 0 aromatic carbocycles. The molecule has 0 aliphatic carbocycles. The van der Waals surface area contributed by atoms with Gasteiger partial charge in [0.05, 0.1) is 0 Å². The molecule has 56 valence electrons. The van der Waals surface area contributed by atoms with E-state index in [9.17, 15) is 13.2 Å². The minimum atomic E-state index is -3.42. The van der Waals surface area contributed by atoms with Crippen LogP contribution in [0.15, 0.2) is 0 Å². The molecule has 0 saturated heterocycles. The molecule has 0 spiro atoms. The zero-order valence-electron chi connectivity index (χ0n) is 3.92. The van der Waals surface area contributed by atoms with Gasteiger partial charge < -0.3 is 0 Å². The van der Waals surface area contributed by atoms with Crippen molar-refractivity contribution in [2.45, 2.75) is 14.7 Å². The molecule has 0 aromatic heterocycles. The van der Waals surface area contributed by atoms with Crippen molar-refractivity contribution in [3.63, 3.8) is 0 Å². The van der Waals surface area contributed by atoms with Crippen LogP contribution in [0.2, 0.25) is 0 Å². The summed E-state index contributed by atoms with van der Waals surface area (Å²) in [7, 11) is 0. The molecule has 0 aliphatic rings. The smallest absolute Gasteiger partial charge is 0.228 e. The van der Waals surface area contributed by atoms with Gasteiger partial charge in [0.25, 0.3) is 0 Å². The Labute approximate surface area is 75.6 Å². The lowest BCUT2D eigenvalue weighted by molar-refractivity contribution is -0.0152. The molecule has 9 heavy (non-hydrogen) atoms. The van der Waals surface area contributed by atoms with Crippen LogP contribution in [-0.4, -0.2) is 14.7 Å². The molecule has 0 rings (SSSR count). The predicted octanol–water partition coefficient (Wildman–Crippen LogP) is 3.43. The Morgan fingerprint density at radius 1 is 1.11 bits per heavy atom. The lowest BCUT2D eigenvalue weighted by Crippen LogP contribution is -2.31. The maximum atomic E-state index is 12.2. The highest BCUT2D eigenvalue weighted by Gasteiger charge is 2.44. The summed E-state index contributed by atoms with van der Waals surface area (Å²) in [5, 5.41) is -2.33. The van der Waals surface area contributed by atoms with Gasteiger partial charge in [0.15, 0.2) is 0 Å². The van der Waals surface area contributed by atoms with Gasteiger partial charge in [-0.15, -0.1) is 0 Å². The van der Waals surface area contributed by atoms with Crippen molar-refractivity contribution >= 4 is 47.8 Å². The van der Waals surface area contributed by atoms with Gasteiger partial charge in [0.2, 0.25) is 5.08 Å². The summed E-state index contributed by atoms with van der Waals surface area (Å²) in [6.07, 6.45) is 0. The summed E-state index contributed by atoms with van der Waals surface area (Å²) in [4.78, 5) is 0. The molecule has 1 unspecified atom stereocenters. The molecule has 6 heteroatoms. The fraction of sp³-hybridized carbons (Fsp3) is 1.00. The second-order valence-electron chi connectivity index (χ2n) is 1.28. The van der Waals surface area contributed by atoms with Gasteiger partial charge in [0.1, 0.15) is 3.74 Å². The highest BCUT2D eigenvalue weighted by molar-refractivity contribution is 9.24. The second-order valence-corrected chi connectivity index (χ2v) is 5.14. The largest absolute Gasteiger partial charge is 0.310 e. The van der Waals surface area contributed by atoms with Crippen LogP contribution in [0.3, 0.4) is 0 Å². The molecule has 0 amide bonds. The number of hydrogen-bond donors (Lipinski definition) is 0. The summed E-state index contributed by atoms with van der Waals surface area (Å²) in [5.74, 6) is -3.42. The Bertz CT molecular complexity index is 82.3. The van der Waals surface area contributed by atoms with Crippen LogP contribution in [0.4, 0.5) is 13.2 Å². The average Bonchev–Trinajstić information content (AvgIpc) is 1.65. The van der Waals surface area contributed by atoms with Gasteiger partial charge in [-0.2, -0.15) is 0 Å². The highest BCUT2D eigenvalue weighted by atomic mass is 79.9. The molecule has 0 radical (unpaired) electrons. The van der Waals surface area contributed by atoms with E-state index in [2.05, 4.69) is 47.8 Å². The minimum absolute atomic E-state index is 1.34. The lowest BCUT2D eigenvalue weighted by Gasteiger charge is -2.16. The molecular weight excluding hydrogens is 333 g/mol. The van der Waals surface area contributed by atoms with Gasteiger partial charge in [0, 0.05) is 0 Å². The van der Waals surface area contributed by atoms with Crippen molar-refractivity contribution in [2.24, 2.45) is 0 Å².